The molecule has 0 aliphatic rings. The molecule has 8 heteroatoms. The summed E-state index contributed by atoms with van der Waals surface area (Å²) >= 11 is 6.49. The molecule has 4 aromatic heterocycles. The average molecular weight is 557 g/mol. The molecule has 0 aliphatic carbocycles. The average Bonchev–Trinajstić information content (AvgIpc) is 3.60. The van der Waals surface area contributed by atoms with E-state index >= 15 is 4.39 Å². The molecule has 6 rings (SSSR count). The van der Waals surface area contributed by atoms with Gasteiger partial charge in [-0.05, 0) is 64.3 Å². The smallest absolute Gasteiger partial charge is 0.211 e. The lowest BCUT2D eigenvalue weighted by molar-refractivity contribution is 0.334. The van der Waals surface area contributed by atoms with Gasteiger partial charge < -0.3 is 14.2 Å². The van der Waals surface area contributed by atoms with Gasteiger partial charge in [0.25, 0.3) is 0 Å². The van der Waals surface area contributed by atoms with Crippen LogP contribution in [0.3, 0.4) is 0 Å². The fourth-order valence-electron chi connectivity index (χ4n) is 4.77. The van der Waals surface area contributed by atoms with Crippen molar-refractivity contribution in [3.8, 4) is 26.3 Å². The second-order valence-corrected chi connectivity index (χ2v) is 13.0. The molecule has 2 aromatic carbocycles. The van der Waals surface area contributed by atoms with E-state index in [1.807, 2.05) is 20.8 Å². The number of halogens is 1. The maximum Gasteiger partial charge on any atom is 0.211 e. The number of hydrogen-bond donors (Lipinski definition) is 0. The van der Waals surface area contributed by atoms with Gasteiger partial charge in [-0.15, -0.1) is 34.0 Å². The first-order valence-corrected chi connectivity index (χ1v) is 15.2. The van der Waals surface area contributed by atoms with Crippen LogP contribution in [0.15, 0.2) is 24.3 Å². The fraction of sp³-hybridized carbons (Fsp3) is 0.286. The molecular weight excluding hydrogens is 532 g/mol. The SMILES string of the molecule is CCOc1sc2c(C)sc(-c3cc4cc5c(OCC)c6sc(C)cc6c(OCC)c5cc4s3)c2c1F. The molecule has 0 atom stereocenters. The van der Waals surface area contributed by atoms with Crippen molar-refractivity contribution >= 4 is 86.4 Å². The van der Waals surface area contributed by atoms with E-state index in [-0.39, 0.29) is 5.82 Å². The third-order valence-corrected chi connectivity index (χ3v) is 10.9. The van der Waals surface area contributed by atoms with Crippen molar-refractivity contribution in [3.63, 3.8) is 0 Å². The van der Waals surface area contributed by atoms with Crippen LogP contribution in [-0.4, -0.2) is 19.8 Å². The van der Waals surface area contributed by atoms with E-state index in [9.17, 15) is 0 Å². The third kappa shape index (κ3) is 3.61. The lowest BCUT2D eigenvalue weighted by Gasteiger charge is -2.14. The molecule has 3 nitrogen and oxygen atoms in total. The quantitative estimate of drug-likeness (QED) is 0.196. The summed E-state index contributed by atoms with van der Waals surface area (Å²) in [5.41, 5.74) is 0. The standard InChI is InChI=1S/C28H25FO3S4/c1-6-30-23-17-12-19-15(10-16(17)24(31-7-2)26-18(23)9-13(4)33-26)11-20(35-19)27-21-22(29)28(32-8-3)36-25(21)14(5)34-27/h9-12H,6-8H2,1-5H3. The van der Waals surface area contributed by atoms with E-state index in [0.717, 1.165) is 61.8 Å². The van der Waals surface area contributed by atoms with Gasteiger partial charge in [0.2, 0.25) is 5.06 Å². The molecular formula is C28H25FO3S4. The highest BCUT2D eigenvalue weighted by Crippen LogP contribution is 2.52. The van der Waals surface area contributed by atoms with Gasteiger partial charge in [-0.25, -0.2) is 4.39 Å². The van der Waals surface area contributed by atoms with Crippen LogP contribution in [0, 0.1) is 19.7 Å². The summed E-state index contributed by atoms with van der Waals surface area (Å²) in [5, 5.41) is 5.40. The van der Waals surface area contributed by atoms with Crippen molar-refractivity contribution in [3.05, 3.63) is 39.8 Å². The van der Waals surface area contributed by atoms with Gasteiger partial charge in [-0.3, -0.25) is 0 Å². The van der Waals surface area contributed by atoms with Crippen LogP contribution < -0.4 is 14.2 Å². The van der Waals surface area contributed by atoms with Crippen LogP contribution in [-0.2, 0) is 0 Å². The minimum Gasteiger partial charge on any atom is -0.493 e. The topological polar surface area (TPSA) is 27.7 Å². The molecule has 0 spiro atoms. The Balaban J connectivity index is 1.63. The van der Waals surface area contributed by atoms with Crippen molar-refractivity contribution in [1.29, 1.82) is 0 Å². The van der Waals surface area contributed by atoms with E-state index in [1.54, 1.807) is 34.0 Å². The van der Waals surface area contributed by atoms with Gasteiger partial charge in [-0.2, -0.15) is 0 Å². The predicted molar refractivity (Wildman–Crippen MR) is 156 cm³/mol. The van der Waals surface area contributed by atoms with Crippen LogP contribution >= 0.6 is 45.3 Å². The minimum absolute atomic E-state index is 0.244. The zero-order chi connectivity index (χ0) is 25.1. The van der Waals surface area contributed by atoms with Crippen molar-refractivity contribution in [2.24, 2.45) is 0 Å². The highest BCUT2D eigenvalue weighted by molar-refractivity contribution is 7.30. The molecule has 36 heavy (non-hydrogen) atoms. The van der Waals surface area contributed by atoms with Gasteiger partial charge in [-0.1, -0.05) is 11.3 Å². The highest BCUT2D eigenvalue weighted by Gasteiger charge is 2.24. The molecule has 0 unspecified atom stereocenters. The van der Waals surface area contributed by atoms with Gasteiger partial charge in [0.1, 0.15) is 11.5 Å². The van der Waals surface area contributed by atoms with Gasteiger partial charge in [0.15, 0.2) is 5.82 Å². The monoisotopic (exact) mass is 556 g/mol. The fourth-order valence-corrected chi connectivity index (χ4v) is 9.33. The van der Waals surface area contributed by atoms with Crippen molar-refractivity contribution in [2.75, 3.05) is 19.8 Å². The summed E-state index contributed by atoms with van der Waals surface area (Å²) < 4.78 is 36.6. The molecule has 4 heterocycles. The molecule has 0 aliphatic heterocycles. The Labute approximate surface area is 224 Å². The van der Waals surface area contributed by atoms with Crippen molar-refractivity contribution in [2.45, 2.75) is 34.6 Å². The Morgan fingerprint density at radius 2 is 1.44 bits per heavy atom. The third-order valence-electron chi connectivity index (χ3n) is 6.15. The Hall–Kier alpha value is -2.39. The molecule has 0 bridgehead atoms. The second kappa shape index (κ2) is 9.17. The Kier molecular flexibility index (Phi) is 6.11. The first kappa shape index (κ1) is 24.0. The Bertz CT molecular complexity index is 1690. The molecule has 0 N–H and O–H groups in total. The summed E-state index contributed by atoms with van der Waals surface area (Å²) in [6.45, 7) is 11.7. The normalized spacial score (nSPS) is 11.9. The largest absolute Gasteiger partial charge is 0.493 e. The molecule has 186 valence electrons. The first-order valence-electron chi connectivity index (χ1n) is 12.0. The van der Waals surface area contributed by atoms with Gasteiger partial charge >= 0.3 is 0 Å². The van der Waals surface area contributed by atoms with Crippen molar-refractivity contribution in [1.82, 2.24) is 0 Å². The zero-order valence-electron chi connectivity index (χ0n) is 20.7. The van der Waals surface area contributed by atoms with E-state index < -0.39 is 0 Å². The number of benzene rings is 2. The summed E-state index contributed by atoms with van der Waals surface area (Å²) in [6, 6.07) is 8.80. The lowest BCUT2D eigenvalue weighted by Crippen LogP contribution is -1.97. The molecule has 0 fully saturated rings. The van der Waals surface area contributed by atoms with Crippen molar-refractivity contribution < 1.29 is 18.6 Å². The van der Waals surface area contributed by atoms with Gasteiger partial charge in [0, 0.05) is 35.5 Å². The summed E-state index contributed by atoms with van der Waals surface area (Å²) in [4.78, 5) is 4.38. The van der Waals surface area contributed by atoms with E-state index in [1.165, 1.54) is 16.2 Å². The number of fused-ring (bicyclic) bond motifs is 4. The Morgan fingerprint density at radius 3 is 2.19 bits per heavy atom. The molecule has 0 radical (unpaired) electrons. The molecule has 0 amide bonds. The summed E-state index contributed by atoms with van der Waals surface area (Å²) in [5.74, 6) is 1.58. The number of rotatable bonds is 7. The van der Waals surface area contributed by atoms with Crippen LogP contribution in [0.25, 0.3) is 50.8 Å². The number of aryl methyl sites for hydroxylation is 2. The maximum atomic E-state index is 15.4. The van der Waals surface area contributed by atoms with E-state index in [2.05, 4.69) is 38.1 Å². The summed E-state index contributed by atoms with van der Waals surface area (Å²) in [6.07, 6.45) is 0. The Morgan fingerprint density at radius 1 is 0.722 bits per heavy atom. The summed E-state index contributed by atoms with van der Waals surface area (Å²) in [7, 11) is 0. The van der Waals surface area contributed by atoms with Crippen LogP contribution in [0.1, 0.15) is 30.5 Å². The van der Waals surface area contributed by atoms with E-state index in [4.69, 9.17) is 14.2 Å². The minimum atomic E-state index is -0.244. The highest BCUT2D eigenvalue weighted by atomic mass is 32.1. The molecule has 0 saturated carbocycles. The second-order valence-electron chi connectivity index (χ2n) is 8.50. The number of thiophene rings is 4. The van der Waals surface area contributed by atoms with Gasteiger partial charge in [0.05, 0.1) is 39.5 Å². The van der Waals surface area contributed by atoms with Crippen LogP contribution in [0.2, 0.25) is 0 Å². The number of ether oxygens (including phenoxy) is 3. The maximum absolute atomic E-state index is 15.4. The zero-order valence-corrected chi connectivity index (χ0v) is 23.9. The lowest BCUT2D eigenvalue weighted by atomic mass is 10.0. The van der Waals surface area contributed by atoms with Crippen LogP contribution in [0.4, 0.5) is 4.39 Å². The van der Waals surface area contributed by atoms with E-state index in [0.29, 0.717) is 30.3 Å². The first-order chi connectivity index (χ1) is 17.4. The molecule has 6 aromatic rings. The number of hydrogen-bond acceptors (Lipinski definition) is 7. The predicted octanol–water partition coefficient (Wildman–Crippen LogP) is 10.2. The van der Waals surface area contributed by atoms with Crippen LogP contribution in [0.5, 0.6) is 16.6 Å². The molecule has 0 saturated heterocycles.